The summed E-state index contributed by atoms with van der Waals surface area (Å²) in [4.78, 5) is 11.5. The minimum Gasteiger partial charge on any atom is -0.317 e. The lowest BCUT2D eigenvalue weighted by molar-refractivity contribution is -0.119. The Kier molecular flexibility index (Phi) is 19.4. The van der Waals surface area contributed by atoms with E-state index in [1.807, 2.05) is 0 Å². The van der Waals surface area contributed by atoms with Crippen LogP contribution in [0.5, 0.6) is 0 Å². The third-order valence-electron chi connectivity index (χ3n) is 4.58. The number of carbonyl (C=O) groups excluding carboxylic acids is 1. The van der Waals surface area contributed by atoms with Crippen LogP contribution in [0.4, 0.5) is 0 Å². The molecule has 0 radical (unpaired) electrons. The van der Waals surface area contributed by atoms with E-state index in [2.05, 4.69) is 19.2 Å². The Labute approximate surface area is 146 Å². The van der Waals surface area contributed by atoms with Gasteiger partial charge in [0.25, 0.3) is 0 Å². The molecule has 0 spiro atoms. The van der Waals surface area contributed by atoms with Crippen molar-refractivity contribution < 1.29 is 4.79 Å². The molecule has 0 aliphatic carbocycles. The van der Waals surface area contributed by atoms with Crippen LogP contribution >= 0.6 is 0 Å². The van der Waals surface area contributed by atoms with E-state index < -0.39 is 0 Å². The quantitative estimate of drug-likeness (QED) is 0.277. The van der Waals surface area contributed by atoms with Gasteiger partial charge in [0.1, 0.15) is 5.78 Å². The largest absolute Gasteiger partial charge is 0.317 e. The number of nitrogens with one attached hydrogen (secondary N) is 1. The van der Waals surface area contributed by atoms with Crippen LogP contribution in [-0.2, 0) is 4.79 Å². The number of rotatable bonds is 19. The predicted octanol–water partition coefficient (Wildman–Crippen LogP) is 6.43. The van der Waals surface area contributed by atoms with Gasteiger partial charge in [0.15, 0.2) is 0 Å². The van der Waals surface area contributed by atoms with E-state index in [4.69, 9.17) is 0 Å². The molecule has 138 valence electrons. The molecule has 0 rings (SSSR count). The molecule has 23 heavy (non-hydrogen) atoms. The van der Waals surface area contributed by atoms with E-state index in [-0.39, 0.29) is 0 Å². The summed E-state index contributed by atoms with van der Waals surface area (Å²) in [5, 5.41) is 3.57. The van der Waals surface area contributed by atoms with E-state index in [0.717, 1.165) is 32.1 Å². The molecule has 1 N–H and O–H groups in total. The van der Waals surface area contributed by atoms with Crippen LogP contribution in [0.3, 0.4) is 0 Å². The second-order valence-corrected chi connectivity index (χ2v) is 7.03. The van der Waals surface area contributed by atoms with Crippen molar-refractivity contribution in [2.24, 2.45) is 0 Å². The summed E-state index contributed by atoms with van der Waals surface area (Å²) in [6.07, 6.45) is 19.8. The third-order valence-corrected chi connectivity index (χ3v) is 4.58. The maximum absolute atomic E-state index is 11.5. The Morgan fingerprint density at radius 3 is 1.57 bits per heavy atom. The smallest absolute Gasteiger partial charge is 0.132 e. The van der Waals surface area contributed by atoms with Crippen molar-refractivity contribution in [3.63, 3.8) is 0 Å². The number of hydrogen-bond donors (Lipinski definition) is 1. The first-order valence-corrected chi connectivity index (χ1v) is 10.5. The minimum absolute atomic E-state index is 0.478. The molecule has 2 nitrogen and oxygen atoms in total. The Bertz CT molecular complexity index is 240. The molecule has 0 heterocycles. The molecule has 0 aromatic rings. The molecule has 0 bridgehead atoms. The SMILES string of the molecule is CCCCCCCCNCCCCCCCCC(=O)CCCC. The van der Waals surface area contributed by atoms with E-state index in [9.17, 15) is 4.79 Å². The van der Waals surface area contributed by atoms with E-state index >= 15 is 0 Å². The maximum atomic E-state index is 11.5. The summed E-state index contributed by atoms with van der Waals surface area (Å²) in [6.45, 7) is 6.81. The zero-order valence-corrected chi connectivity index (χ0v) is 16.1. The van der Waals surface area contributed by atoms with E-state index in [1.165, 1.54) is 83.7 Å². The number of Topliss-reactive ketones (excluding diaryl/α,β-unsaturated/α-hetero) is 1. The van der Waals surface area contributed by atoms with Crippen molar-refractivity contribution in [2.45, 2.75) is 117 Å². The summed E-state index contributed by atoms with van der Waals surface area (Å²) >= 11 is 0. The van der Waals surface area contributed by atoms with Crippen LogP contribution in [0.15, 0.2) is 0 Å². The zero-order chi connectivity index (χ0) is 17.0. The van der Waals surface area contributed by atoms with Crippen LogP contribution in [0, 0.1) is 0 Å². The Hall–Kier alpha value is -0.370. The predicted molar refractivity (Wildman–Crippen MR) is 103 cm³/mol. The second-order valence-electron chi connectivity index (χ2n) is 7.03. The first kappa shape index (κ1) is 22.6. The zero-order valence-electron chi connectivity index (χ0n) is 16.1. The van der Waals surface area contributed by atoms with Gasteiger partial charge < -0.3 is 5.32 Å². The number of ketones is 1. The lowest BCUT2D eigenvalue weighted by atomic mass is 10.0. The van der Waals surface area contributed by atoms with Crippen LogP contribution in [0.25, 0.3) is 0 Å². The van der Waals surface area contributed by atoms with Crippen LogP contribution in [-0.4, -0.2) is 18.9 Å². The fourth-order valence-corrected chi connectivity index (χ4v) is 2.93. The highest BCUT2D eigenvalue weighted by Crippen LogP contribution is 2.09. The fraction of sp³-hybridized carbons (Fsp3) is 0.952. The highest BCUT2D eigenvalue weighted by molar-refractivity contribution is 5.78. The fourth-order valence-electron chi connectivity index (χ4n) is 2.93. The van der Waals surface area contributed by atoms with E-state index in [0.29, 0.717) is 5.78 Å². The van der Waals surface area contributed by atoms with Gasteiger partial charge in [0, 0.05) is 12.8 Å². The van der Waals surface area contributed by atoms with Crippen molar-refractivity contribution in [3.05, 3.63) is 0 Å². The average molecular weight is 326 g/mol. The topological polar surface area (TPSA) is 29.1 Å². The van der Waals surface area contributed by atoms with Gasteiger partial charge in [-0.1, -0.05) is 78.1 Å². The van der Waals surface area contributed by atoms with Crippen molar-refractivity contribution in [1.82, 2.24) is 5.32 Å². The normalized spacial score (nSPS) is 11.0. The monoisotopic (exact) mass is 325 g/mol. The van der Waals surface area contributed by atoms with Gasteiger partial charge in [-0.05, 0) is 38.8 Å². The number of hydrogen-bond acceptors (Lipinski definition) is 2. The van der Waals surface area contributed by atoms with Crippen molar-refractivity contribution in [3.8, 4) is 0 Å². The van der Waals surface area contributed by atoms with Crippen molar-refractivity contribution in [2.75, 3.05) is 13.1 Å². The molecular formula is C21H43NO. The third kappa shape index (κ3) is 19.6. The molecule has 0 aliphatic rings. The molecule has 0 atom stereocenters. The molecular weight excluding hydrogens is 282 g/mol. The molecule has 0 aliphatic heterocycles. The van der Waals surface area contributed by atoms with Crippen LogP contribution in [0.1, 0.15) is 117 Å². The van der Waals surface area contributed by atoms with Gasteiger partial charge >= 0.3 is 0 Å². The Balaban J connectivity index is 3.04. The molecule has 2 heteroatoms. The molecule has 0 unspecified atom stereocenters. The average Bonchev–Trinajstić information content (AvgIpc) is 2.56. The maximum Gasteiger partial charge on any atom is 0.132 e. The van der Waals surface area contributed by atoms with Crippen molar-refractivity contribution in [1.29, 1.82) is 0 Å². The Morgan fingerprint density at radius 1 is 0.565 bits per heavy atom. The minimum atomic E-state index is 0.478. The van der Waals surface area contributed by atoms with Crippen LogP contribution < -0.4 is 5.32 Å². The van der Waals surface area contributed by atoms with Gasteiger partial charge in [-0.15, -0.1) is 0 Å². The van der Waals surface area contributed by atoms with Gasteiger partial charge in [0.2, 0.25) is 0 Å². The molecule has 0 aromatic heterocycles. The molecule has 0 saturated heterocycles. The lowest BCUT2D eigenvalue weighted by Gasteiger charge is -2.05. The van der Waals surface area contributed by atoms with Gasteiger partial charge in [-0.25, -0.2) is 0 Å². The lowest BCUT2D eigenvalue weighted by Crippen LogP contribution is -2.16. The summed E-state index contributed by atoms with van der Waals surface area (Å²) in [6, 6.07) is 0. The first-order valence-electron chi connectivity index (χ1n) is 10.5. The number of unbranched alkanes of at least 4 members (excludes halogenated alkanes) is 11. The summed E-state index contributed by atoms with van der Waals surface area (Å²) in [7, 11) is 0. The Morgan fingerprint density at radius 2 is 1.00 bits per heavy atom. The summed E-state index contributed by atoms with van der Waals surface area (Å²) < 4.78 is 0. The first-order chi connectivity index (χ1) is 11.3. The molecule has 0 amide bonds. The summed E-state index contributed by atoms with van der Waals surface area (Å²) in [5.74, 6) is 0.478. The summed E-state index contributed by atoms with van der Waals surface area (Å²) in [5.41, 5.74) is 0. The van der Waals surface area contributed by atoms with Crippen molar-refractivity contribution >= 4 is 5.78 Å². The van der Waals surface area contributed by atoms with Crippen LogP contribution in [0.2, 0.25) is 0 Å². The van der Waals surface area contributed by atoms with E-state index in [1.54, 1.807) is 0 Å². The highest BCUT2D eigenvalue weighted by atomic mass is 16.1. The molecule has 0 fully saturated rings. The molecule has 0 aromatic carbocycles. The molecule has 0 saturated carbocycles. The second kappa shape index (κ2) is 19.7. The standard InChI is InChI=1S/C21H43NO/c1-3-5-7-8-12-15-19-22-20-16-13-10-9-11-14-18-21(23)17-6-4-2/h22H,3-20H2,1-2H3. The van der Waals surface area contributed by atoms with Gasteiger partial charge in [-0.3, -0.25) is 4.79 Å². The van der Waals surface area contributed by atoms with Gasteiger partial charge in [-0.2, -0.15) is 0 Å². The van der Waals surface area contributed by atoms with Gasteiger partial charge in [0.05, 0.1) is 0 Å². The highest BCUT2D eigenvalue weighted by Gasteiger charge is 2.00. The number of carbonyl (C=O) groups is 1.